The SMILES string of the molecule is Cn1cc(Cl)cc1C(=O)N1CCN2[C@@H](COC[C@@H]2c2ccccc2)C1. The number of nitrogens with zero attached hydrogens (tertiary/aromatic N) is 3. The number of hydrogen-bond donors (Lipinski definition) is 0. The fraction of sp³-hybridized carbons (Fsp3) is 0.421. The Hall–Kier alpha value is -1.82. The Bertz CT molecular complexity index is 761. The number of piperazine rings is 1. The van der Waals surface area contributed by atoms with Crippen molar-refractivity contribution in [3.8, 4) is 0 Å². The number of aromatic nitrogens is 1. The number of aryl methyl sites for hydroxylation is 1. The van der Waals surface area contributed by atoms with E-state index < -0.39 is 0 Å². The number of morpholine rings is 1. The number of fused-ring (bicyclic) bond motifs is 1. The average Bonchev–Trinajstić information content (AvgIpc) is 2.99. The summed E-state index contributed by atoms with van der Waals surface area (Å²) >= 11 is 6.03. The van der Waals surface area contributed by atoms with Gasteiger partial charge in [-0.05, 0) is 11.6 Å². The van der Waals surface area contributed by atoms with Crippen LogP contribution in [0.15, 0.2) is 42.6 Å². The van der Waals surface area contributed by atoms with Gasteiger partial charge in [0.2, 0.25) is 0 Å². The summed E-state index contributed by atoms with van der Waals surface area (Å²) in [6.45, 7) is 3.65. The Labute approximate surface area is 152 Å². The van der Waals surface area contributed by atoms with Gasteiger partial charge in [0.05, 0.1) is 30.3 Å². The first kappa shape index (κ1) is 16.6. The standard InChI is InChI=1S/C19H22ClN3O2/c1-21-10-15(20)9-17(21)19(24)22-7-8-23-16(11-22)12-25-13-18(23)14-5-3-2-4-6-14/h2-6,9-10,16,18H,7-8,11-13H2,1H3/t16-,18-/m1/s1. The Kier molecular flexibility index (Phi) is 4.54. The maximum atomic E-state index is 12.8. The number of carbonyl (C=O) groups excluding carboxylic acids is 1. The lowest BCUT2D eigenvalue weighted by Gasteiger charge is -2.48. The highest BCUT2D eigenvalue weighted by Crippen LogP contribution is 2.30. The van der Waals surface area contributed by atoms with Gasteiger partial charge in [-0.15, -0.1) is 0 Å². The summed E-state index contributed by atoms with van der Waals surface area (Å²) in [4.78, 5) is 17.3. The summed E-state index contributed by atoms with van der Waals surface area (Å²) in [5.74, 6) is 0.0379. The minimum Gasteiger partial charge on any atom is -0.378 e. The van der Waals surface area contributed by atoms with Gasteiger partial charge in [-0.25, -0.2) is 0 Å². The van der Waals surface area contributed by atoms with Crippen LogP contribution in [0.4, 0.5) is 0 Å². The normalized spacial score (nSPS) is 24.2. The van der Waals surface area contributed by atoms with Gasteiger partial charge in [0.1, 0.15) is 5.69 Å². The predicted molar refractivity (Wildman–Crippen MR) is 96.8 cm³/mol. The molecular formula is C19H22ClN3O2. The first-order chi connectivity index (χ1) is 12.1. The second kappa shape index (κ2) is 6.83. The molecular weight excluding hydrogens is 338 g/mol. The predicted octanol–water partition coefficient (Wildman–Crippen LogP) is 2.58. The average molecular weight is 360 g/mol. The van der Waals surface area contributed by atoms with Gasteiger partial charge in [-0.1, -0.05) is 41.9 Å². The first-order valence-electron chi connectivity index (χ1n) is 8.63. The van der Waals surface area contributed by atoms with Crippen LogP contribution in [-0.2, 0) is 11.8 Å². The van der Waals surface area contributed by atoms with Crippen LogP contribution >= 0.6 is 11.6 Å². The van der Waals surface area contributed by atoms with Crippen molar-refractivity contribution in [2.24, 2.45) is 7.05 Å². The largest absolute Gasteiger partial charge is 0.378 e. The molecule has 2 saturated heterocycles. The van der Waals surface area contributed by atoms with E-state index >= 15 is 0 Å². The van der Waals surface area contributed by atoms with Crippen LogP contribution in [0.3, 0.4) is 0 Å². The molecule has 0 bridgehead atoms. The van der Waals surface area contributed by atoms with E-state index in [1.54, 1.807) is 16.8 Å². The Morgan fingerprint density at radius 3 is 2.72 bits per heavy atom. The minimum atomic E-state index is 0.0379. The zero-order chi connectivity index (χ0) is 17.4. The molecule has 25 heavy (non-hydrogen) atoms. The zero-order valence-electron chi connectivity index (χ0n) is 14.3. The van der Waals surface area contributed by atoms with E-state index in [1.807, 2.05) is 18.0 Å². The maximum Gasteiger partial charge on any atom is 0.270 e. The number of halogens is 1. The van der Waals surface area contributed by atoms with Crippen molar-refractivity contribution in [3.05, 3.63) is 58.9 Å². The van der Waals surface area contributed by atoms with Crippen LogP contribution in [0, 0.1) is 0 Å². The number of carbonyl (C=O) groups is 1. The van der Waals surface area contributed by atoms with Gasteiger partial charge in [0, 0.05) is 32.9 Å². The molecule has 1 amide bonds. The molecule has 0 N–H and O–H groups in total. The number of rotatable bonds is 2. The summed E-state index contributed by atoms with van der Waals surface area (Å²) in [5, 5.41) is 0.592. The molecule has 2 aromatic rings. The van der Waals surface area contributed by atoms with Crippen LogP contribution in [0.1, 0.15) is 22.1 Å². The molecule has 1 aromatic carbocycles. The highest BCUT2D eigenvalue weighted by atomic mass is 35.5. The Balaban J connectivity index is 1.50. The van der Waals surface area contributed by atoms with Gasteiger partial charge in [-0.2, -0.15) is 0 Å². The van der Waals surface area contributed by atoms with E-state index in [0.29, 0.717) is 30.5 Å². The van der Waals surface area contributed by atoms with E-state index in [9.17, 15) is 4.79 Å². The zero-order valence-corrected chi connectivity index (χ0v) is 15.0. The summed E-state index contributed by atoms with van der Waals surface area (Å²) in [7, 11) is 1.85. The molecule has 132 valence electrons. The molecule has 0 aliphatic carbocycles. The third-order valence-corrected chi connectivity index (χ3v) is 5.38. The minimum absolute atomic E-state index is 0.0379. The van der Waals surface area contributed by atoms with Crippen LogP contribution in [0.5, 0.6) is 0 Å². The molecule has 0 radical (unpaired) electrons. The lowest BCUT2D eigenvalue weighted by Crippen LogP contribution is -2.60. The number of benzene rings is 1. The highest BCUT2D eigenvalue weighted by molar-refractivity contribution is 6.31. The van der Waals surface area contributed by atoms with Crippen LogP contribution in [-0.4, -0.2) is 59.2 Å². The Morgan fingerprint density at radius 1 is 1.20 bits per heavy atom. The van der Waals surface area contributed by atoms with Crippen molar-refractivity contribution < 1.29 is 9.53 Å². The number of amides is 1. The molecule has 5 nitrogen and oxygen atoms in total. The number of ether oxygens (including phenoxy) is 1. The molecule has 2 atom stereocenters. The lowest BCUT2D eigenvalue weighted by atomic mass is 10.00. The molecule has 1 aromatic heterocycles. The molecule has 3 heterocycles. The van der Waals surface area contributed by atoms with E-state index in [4.69, 9.17) is 16.3 Å². The molecule has 2 aliphatic heterocycles. The van der Waals surface area contributed by atoms with E-state index in [0.717, 1.165) is 13.1 Å². The van der Waals surface area contributed by atoms with Gasteiger partial charge in [0.15, 0.2) is 0 Å². The smallest absolute Gasteiger partial charge is 0.270 e. The maximum absolute atomic E-state index is 12.8. The van der Waals surface area contributed by atoms with E-state index in [1.165, 1.54) is 5.56 Å². The van der Waals surface area contributed by atoms with Crippen molar-refractivity contribution in [2.75, 3.05) is 32.8 Å². The van der Waals surface area contributed by atoms with E-state index in [-0.39, 0.29) is 18.0 Å². The van der Waals surface area contributed by atoms with Crippen LogP contribution < -0.4 is 0 Å². The fourth-order valence-corrected chi connectivity index (χ4v) is 4.14. The summed E-state index contributed by atoms with van der Waals surface area (Å²) in [6, 6.07) is 12.7. The van der Waals surface area contributed by atoms with Crippen molar-refractivity contribution in [1.82, 2.24) is 14.4 Å². The molecule has 2 aliphatic rings. The lowest BCUT2D eigenvalue weighted by molar-refractivity contribution is -0.0771. The van der Waals surface area contributed by atoms with Gasteiger partial charge >= 0.3 is 0 Å². The first-order valence-corrected chi connectivity index (χ1v) is 9.01. The fourth-order valence-electron chi connectivity index (χ4n) is 3.89. The summed E-state index contributed by atoms with van der Waals surface area (Å²) in [5.41, 5.74) is 1.91. The van der Waals surface area contributed by atoms with Gasteiger partial charge in [-0.3, -0.25) is 9.69 Å². The Morgan fingerprint density at radius 2 is 2.00 bits per heavy atom. The number of hydrogen-bond acceptors (Lipinski definition) is 3. The summed E-state index contributed by atoms with van der Waals surface area (Å²) in [6.07, 6.45) is 1.76. The van der Waals surface area contributed by atoms with Crippen molar-refractivity contribution >= 4 is 17.5 Å². The molecule has 2 fully saturated rings. The van der Waals surface area contributed by atoms with E-state index in [2.05, 4.69) is 29.2 Å². The molecule has 0 spiro atoms. The van der Waals surface area contributed by atoms with Crippen molar-refractivity contribution in [1.29, 1.82) is 0 Å². The highest BCUT2D eigenvalue weighted by Gasteiger charge is 2.38. The molecule has 6 heteroatoms. The molecule has 0 saturated carbocycles. The second-order valence-electron chi connectivity index (χ2n) is 6.76. The topological polar surface area (TPSA) is 37.7 Å². The molecule has 4 rings (SSSR count). The quantitative estimate of drug-likeness (QED) is 0.827. The van der Waals surface area contributed by atoms with Crippen LogP contribution in [0.2, 0.25) is 5.02 Å². The van der Waals surface area contributed by atoms with Gasteiger partial charge < -0.3 is 14.2 Å². The second-order valence-corrected chi connectivity index (χ2v) is 7.20. The van der Waals surface area contributed by atoms with Crippen molar-refractivity contribution in [3.63, 3.8) is 0 Å². The van der Waals surface area contributed by atoms with Gasteiger partial charge in [0.25, 0.3) is 5.91 Å². The van der Waals surface area contributed by atoms with Crippen LogP contribution in [0.25, 0.3) is 0 Å². The monoisotopic (exact) mass is 359 g/mol. The summed E-state index contributed by atoms with van der Waals surface area (Å²) < 4.78 is 7.65. The molecule has 0 unspecified atom stereocenters. The third kappa shape index (κ3) is 3.19. The third-order valence-electron chi connectivity index (χ3n) is 5.18. The van der Waals surface area contributed by atoms with Crippen molar-refractivity contribution in [2.45, 2.75) is 12.1 Å².